The van der Waals surface area contributed by atoms with Crippen molar-refractivity contribution < 1.29 is 20.1 Å². The molecule has 0 spiro atoms. The molecule has 0 N–H and O–H groups in total. The third kappa shape index (κ3) is 2.59. The van der Waals surface area contributed by atoms with Crippen LogP contribution in [0.4, 0.5) is 5.95 Å². The Morgan fingerprint density at radius 2 is 2.13 bits per heavy atom. The van der Waals surface area contributed by atoms with Crippen LogP contribution in [-0.4, -0.2) is 46.3 Å². The summed E-state index contributed by atoms with van der Waals surface area (Å²) >= 11 is 0. The molecule has 0 bridgehead atoms. The predicted octanol–water partition coefficient (Wildman–Crippen LogP) is -0.123. The number of hydrogen-bond donors (Lipinski definition) is 0. The second-order valence-corrected chi connectivity index (χ2v) is 3.82. The molecule has 2 rings (SSSR count). The zero-order valence-corrected chi connectivity index (χ0v) is 11.6. The van der Waals surface area contributed by atoms with Gasteiger partial charge in [-0.15, -0.1) is 0 Å². The molecule has 0 atom stereocenters. The van der Waals surface area contributed by atoms with E-state index in [0.717, 1.165) is 19.0 Å². The van der Waals surface area contributed by atoms with Crippen LogP contribution in [0.25, 0.3) is 0 Å². The molecule has 0 saturated carbocycles. The first-order chi connectivity index (χ1) is 6.68. The van der Waals surface area contributed by atoms with Crippen LogP contribution < -0.4 is 4.81 Å². The minimum Gasteiger partial charge on any atom is -0.372 e. The molecule has 1 aromatic rings. The fourth-order valence-corrected chi connectivity index (χ4v) is 1.61. The van der Waals surface area contributed by atoms with Gasteiger partial charge in [0.2, 0.25) is 5.95 Å². The summed E-state index contributed by atoms with van der Waals surface area (Å²) in [6, 6.07) is 0.549. The Bertz CT molecular complexity index is 316. The van der Waals surface area contributed by atoms with Crippen LogP contribution in [0, 0.1) is 0 Å². The van der Waals surface area contributed by atoms with E-state index < -0.39 is 0 Å². The van der Waals surface area contributed by atoms with Crippen molar-refractivity contribution in [2.45, 2.75) is 19.9 Å². The molecule has 1 aromatic heterocycles. The Balaban J connectivity index is 0.00000112. The maximum atomic E-state index is 4.21. The molecule has 1 saturated heterocycles. The summed E-state index contributed by atoms with van der Waals surface area (Å²) < 4.78 is 1.79. The van der Waals surface area contributed by atoms with Gasteiger partial charge in [0.1, 0.15) is 6.33 Å². The van der Waals surface area contributed by atoms with Gasteiger partial charge in [0, 0.05) is 40.2 Å². The van der Waals surface area contributed by atoms with Crippen molar-refractivity contribution in [2.24, 2.45) is 7.05 Å². The minimum atomic E-state index is 0. The monoisotopic (exact) mass is 385 g/mol. The van der Waals surface area contributed by atoms with Crippen molar-refractivity contribution in [3.05, 3.63) is 6.33 Å². The van der Waals surface area contributed by atoms with E-state index in [9.17, 15) is 0 Å². The van der Waals surface area contributed by atoms with Gasteiger partial charge in [0.25, 0.3) is 0 Å². The SMILES string of the molecule is CC(C)N1[B]N(c2ncnn2C)CC1.[Ir]. The van der Waals surface area contributed by atoms with Gasteiger partial charge in [-0.2, -0.15) is 5.10 Å². The Kier molecular flexibility index (Phi) is 4.31. The maximum Gasteiger partial charge on any atom is 0.354 e. The molecule has 84 valence electrons. The molecule has 0 unspecified atom stereocenters. The molecule has 1 fully saturated rings. The van der Waals surface area contributed by atoms with Gasteiger partial charge in [-0.25, -0.2) is 9.67 Å². The Labute approximate surface area is 104 Å². The third-order valence-electron chi connectivity index (χ3n) is 2.49. The van der Waals surface area contributed by atoms with Crippen LogP contribution in [0.3, 0.4) is 0 Å². The first-order valence-corrected chi connectivity index (χ1v) is 4.90. The van der Waals surface area contributed by atoms with Crippen LogP contribution in [0.15, 0.2) is 6.33 Å². The molecule has 15 heavy (non-hydrogen) atoms. The van der Waals surface area contributed by atoms with Gasteiger partial charge < -0.3 is 9.62 Å². The quantitative estimate of drug-likeness (QED) is 0.667. The van der Waals surface area contributed by atoms with Crippen molar-refractivity contribution in [3.8, 4) is 0 Å². The number of rotatable bonds is 2. The number of nitrogens with zero attached hydrogens (tertiary/aromatic N) is 5. The molecule has 2 heterocycles. The summed E-state index contributed by atoms with van der Waals surface area (Å²) in [6.07, 6.45) is 1.58. The second kappa shape index (κ2) is 5.10. The summed E-state index contributed by atoms with van der Waals surface area (Å²) in [4.78, 5) is 8.64. The van der Waals surface area contributed by atoms with Crippen molar-refractivity contribution in [1.29, 1.82) is 0 Å². The van der Waals surface area contributed by atoms with Crippen LogP contribution in [0.1, 0.15) is 13.8 Å². The summed E-state index contributed by atoms with van der Waals surface area (Å²) in [6.45, 7) is 6.43. The van der Waals surface area contributed by atoms with Crippen molar-refractivity contribution in [3.63, 3.8) is 0 Å². The molecule has 0 aromatic carbocycles. The first-order valence-electron chi connectivity index (χ1n) is 4.90. The van der Waals surface area contributed by atoms with Crippen LogP contribution in [-0.2, 0) is 27.2 Å². The van der Waals surface area contributed by atoms with Crippen molar-refractivity contribution >= 4 is 13.5 Å². The molecule has 2 radical (unpaired) electrons. The smallest absolute Gasteiger partial charge is 0.354 e. The second-order valence-electron chi connectivity index (χ2n) is 3.82. The summed E-state index contributed by atoms with van der Waals surface area (Å²) in [5, 5.41) is 4.06. The van der Waals surface area contributed by atoms with E-state index >= 15 is 0 Å². The van der Waals surface area contributed by atoms with Crippen molar-refractivity contribution in [2.75, 3.05) is 17.9 Å². The fourth-order valence-electron chi connectivity index (χ4n) is 1.61. The van der Waals surface area contributed by atoms with Gasteiger partial charge in [0.15, 0.2) is 0 Å². The molecule has 7 heteroatoms. The summed E-state index contributed by atoms with van der Waals surface area (Å²) in [5.41, 5.74) is 0. The predicted molar refractivity (Wildman–Crippen MR) is 55.9 cm³/mol. The average Bonchev–Trinajstić information content (AvgIpc) is 2.71. The first kappa shape index (κ1) is 12.7. The largest absolute Gasteiger partial charge is 0.372 e. The van der Waals surface area contributed by atoms with Crippen molar-refractivity contribution in [1.82, 2.24) is 19.6 Å². The van der Waals surface area contributed by atoms with E-state index in [1.807, 2.05) is 7.05 Å². The average molecular weight is 384 g/mol. The molecule has 5 nitrogen and oxygen atoms in total. The van der Waals surface area contributed by atoms with Gasteiger partial charge in [-0.3, -0.25) is 0 Å². The number of aryl methyl sites for hydroxylation is 1. The molecular formula is C8H15BIrN5. The van der Waals surface area contributed by atoms with Gasteiger partial charge in [-0.1, -0.05) is 13.8 Å². The van der Waals surface area contributed by atoms with Gasteiger partial charge >= 0.3 is 7.55 Å². The zero-order chi connectivity index (χ0) is 10.1. The van der Waals surface area contributed by atoms with E-state index in [1.165, 1.54) is 0 Å². The van der Waals surface area contributed by atoms with Crippen LogP contribution in [0.2, 0.25) is 0 Å². The van der Waals surface area contributed by atoms with E-state index in [-0.39, 0.29) is 20.1 Å². The minimum absolute atomic E-state index is 0. The van der Waals surface area contributed by atoms with Gasteiger partial charge in [0.05, 0.1) is 0 Å². The summed E-state index contributed by atoms with van der Waals surface area (Å²) in [5.74, 6) is 0.910. The Morgan fingerprint density at radius 3 is 2.60 bits per heavy atom. The molecular weight excluding hydrogens is 369 g/mol. The Hall–Kier alpha value is -0.386. The number of hydrogen-bond acceptors (Lipinski definition) is 4. The van der Waals surface area contributed by atoms with E-state index in [1.54, 1.807) is 11.0 Å². The molecule has 1 aliphatic heterocycles. The standard InChI is InChI=1S/C8H15BN5.Ir/c1-7(2)13-4-5-14(9-13)8-10-6-11-12(8)3;/h6-7H,4-5H2,1-3H3;. The zero-order valence-electron chi connectivity index (χ0n) is 9.22. The number of anilines is 1. The van der Waals surface area contributed by atoms with E-state index in [0.29, 0.717) is 6.04 Å². The molecule has 0 amide bonds. The van der Waals surface area contributed by atoms with Crippen LogP contribution in [0.5, 0.6) is 0 Å². The summed E-state index contributed by atoms with van der Waals surface area (Å²) in [7, 11) is 4.03. The molecule has 0 aliphatic carbocycles. The topological polar surface area (TPSA) is 37.2 Å². The normalized spacial score (nSPS) is 16.7. The van der Waals surface area contributed by atoms with E-state index in [2.05, 4.69) is 41.1 Å². The van der Waals surface area contributed by atoms with Crippen LogP contribution >= 0.6 is 0 Å². The maximum absolute atomic E-state index is 4.21. The van der Waals surface area contributed by atoms with Gasteiger partial charge in [-0.05, 0) is 6.04 Å². The van der Waals surface area contributed by atoms with E-state index in [4.69, 9.17) is 0 Å². The Morgan fingerprint density at radius 1 is 1.40 bits per heavy atom. The molecule has 1 aliphatic rings. The fraction of sp³-hybridized carbons (Fsp3) is 0.750. The third-order valence-corrected chi connectivity index (χ3v) is 2.49. The number of aromatic nitrogens is 3.